The van der Waals surface area contributed by atoms with Gasteiger partial charge in [-0.1, -0.05) is 48.5 Å². The highest BCUT2D eigenvalue weighted by Gasteiger charge is 2.32. The summed E-state index contributed by atoms with van der Waals surface area (Å²) in [7, 11) is 0. The van der Waals surface area contributed by atoms with Crippen molar-refractivity contribution in [2.75, 3.05) is 11.1 Å². The van der Waals surface area contributed by atoms with E-state index in [2.05, 4.69) is 15.3 Å². The maximum atomic E-state index is 12.9. The molecule has 3 atom stereocenters. The molecule has 5 aromatic rings. The molecule has 1 aliphatic heterocycles. The molecule has 4 aromatic carbocycles. The van der Waals surface area contributed by atoms with E-state index in [-0.39, 0.29) is 36.0 Å². The zero-order valence-corrected chi connectivity index (χ0v) is 24.3. The number of ether oxygens (including phenoxy) is 2. The zero-order valence-electron chi connectivity index (χ0n) is 23.5. The van der Waals surface area contributed by atoms with Crippen LogP contribution in [-0.2, 0) is 16.1 Å². The first-order valence-electron chi connectivity index (χ1n) is 14.0. The maximum Gasteiger partial charge on any atom is 0.335 e. The van der Waals surface area contributed by atoms with Gasteiger partial charge >= 0.3 is 5.97 Å². The number of carboxylic acid groups (broad SMARTS) is 1. The molecular weight excluding hydrogens is 578 g/mol. The average molecular weight is 608 g/mol. The highest BCUT2D eigenvalue weighted by atomic mass is 32.2. The molecule has 3 N–H and O–H groups in total. The lowest BCUT2D eigenvalue weighted by molar-refractivity contribution is -0.245. The third-order valence-corrected chi connectivity index (χ3v) is 8.42. The van der Waals surface area contributed by atoms with Crippen LogP contribution < -0.4 is 5.32 Å². The number of amides is 1. The quantitative estimate of drug-likeness (QED) is 0.163. The van der Waals surface area contributed by atoms with Crippen molar-refractivity contribution in [1.29, 1.82) is 0 Å². The Bertz CT molecular complexity index is 1760. The Labute approximate surface area is 257 Å². The Kier molecular flexibility index (Phi) is 8.94. The minimum Gasteiger partial charge on any atom is -0.478 e. The summed E-state index contributed by atoms with van der Waals surface area (Å²) in [5.41, 5.74) is 5.03. The SMILES string of the molecule is O=C(O)c1ccc(SC[C@@H]2C[C@H](c3ccc(CO)cc3)O[C@H](c3ccc(NC(=O)c4cnc5ccccc5n4)cc3)O2)cc1. The van der Waals surface area contributed by atoms with Crippen LogP contribution in [0.5, 0.6) is 0 Å². The number of fused-ring (bicyclic) bond motifs is 1. The summed E-state index contributed by atoms with van der Waals surface area (Å²) in [5, 5.41) is 21.5. The number of carboxylic acids is 1. The number of anilines is 1. The molecule has 10 heteroatoms. The Morgan fingerprint density at radius 2 is 1.57 bits per heavy atom. The van der Waals surface area contributed by atoms with E-state index in [0.29, 0.717) is 23.4 Å². The van der Waals surface area contributed by atoms with Gasteiger partial charge in [-0.05, 0) is 59.7 Å². The first-order valence-corrected chi connectivity index (χ1v) is 15.0. The number of hydrogen-bond donors (Lipinski definition) is 3. The van der Waals surface area contributed by atoms with E-state index in [9.17, 15) is 19.8 Å². The van der Waals surface area contributed by atoms with Gasteiger partial charge in [0.1, 0.15) is 5.69 Å². The second-order valence-corrected chi connectivity index (χ2v) is 11.4. The van der Waals surface area contributed by atoms with Gasteiger partial charge in [-0.2, -0.15) is 0 Å². The number of carbonyl (C=O) groups excluding carboxylic acids is 1. The fourth-order valence-electron chi connectivity index (χ4n) is 4.89. The number of para-hydroxylation sites is 2. The maximum absolute atomic E-state index is 12.9. The van der Waals surface area contributed by atoms with Crippen molar-refractivity contribution in [2.45, 2.75) is 36.4 Å². The van der Waals surface area contributed by atoms with Crippen LogP contribution in [0.4, 0.5) is 5.69 Å². The van der Waals surface area contributed by atoms with Crippen molar-refractivity contribution < 1.29 is 29.3 Å². The van der Waals surface area contributed by atoms with Crippen LogP contribution in [0.3, 0.4) is 0 Å². The fourth-order valence-corrected chi connectivity index (χ4v) is 5.81. The van der Waals surface area contributed by atoms with Gasteiger partial charge in [0.25, 0.3) is 5.91 Å². The number of nitrogens with one attached hydrogen (secondary N) is 1. The monoisotopic (exact) mass is 607 g/mol. The molecule has 1 saturated heterocycles. The first-order chi connectivity index (χ1) is 21.4. The van der Waals surface area contributed by atoms with Crippen LogP contribution in [0.15, 0.2) is 108 Å². The zero-order chi connectivity index (χ0) is 30.5. The van der Waals surface area contributed by atoms with Gasteiger partial charge < -0.3 is 25.0 Å². The summed E-state index contributed by atoms with van der Waals surface area (Å²) >= 11 is 1.59. The van der Waals surface area contributed by atoms with E-state index >= 15 is 0 Å². The van der Waals surface area contributed by atoms with E-state index in [0.717, 1.165) is 27.1 Å². The molecule has 0 unspecified atom stereocenters. The lowest BCUT2D eigenvalue weighted by atomic mass is 10.0. The third kappa shape index (κ3) is 6.95. The Morgan fingerprint density at radius 1 is 0.864 bits per heavy atom. The van der Waals surface area contributed by atoms with E-state index in [1.807, 2.05) is 60.7 Å². The van der Waals surface area contributed by atoms with Crippen molar-refractivity contribution in [2.24, 2.45) is 0 Å². The Hall–Kier alpha value is -4.61. The largest absolute Gasteiger partial charge is 0.478 e. The first kappa shape index (κ1) is 29.5. The number of rotatable bonds is 9. The second-order valence-electron chi connectivity index (χ2n) is 10.3. The van der Waals surface area contributed by atoms with Crippen molar-refractivity contribution in [1.82, 2.24) is 9.97 Å². The minimum atomic E-state index is -0.958. The molecule has 9 nitrogen and oxygen atoms in total. The van der Waals surface area contributed by atoms with Crippen LogP contribution in [-0.4, -0.2) is 43.9 Å². The lowest BCUT2D eigenvalue weighted by Crippen LogP contribution is -2.31. The molecule has 0 radical (unpaired) electrons. The summed E-state index contributed by atoms with van der Waals surface area (Å²) in [6.45, 7) is -0.0339. The molecule has 222 valence electrons. The molecule has 0 saturated carbocycles. The van der Waals surface area contributed by atoms with Gasteiger partial charge in [-0.25, -0.2) is 9.78 Å². The van der Waals surface area contributed by atoms with E-state index < -0.39 is 12.3 Å². The predicted molar refractivity (Wildman–Crippen MR) is 166 cm³/mol. The number of aliphatic hydroxyl groups is 1. The number of carbonyl (C=O) groups is 2. The average Bonchev–Trinajstić information content (AvgIpc) is 3.07. The van der Waals surface area contributed by atoms with Crippen LogP contribution in [0, 0.1) is 0 Å². The van der Waals surface area contributed by atoms with Gasteiger partial charge in [-0.15, -0.1) is 11.8 Å². The number of aromatic carboxylic acids is 1. The van der Waals surface area contributed by atoms with Crippen molar-refractivity contribution in [3.8, 4) is 0 Å². The molecule has 6 rings (SSSR count). The second kappa shape index (κ2) is 13.4. The van der Waals surface area contributed by atoms with E-state index in [4.69, 9.17) is 9.47 Å². The summed E-state index contributed by atoms with van der Waals surface area (Å²) in [6.07, 6.45) is 1.03. The molecule has 0 spiro atoms. The lowest BCUT2D eigenvalue weighted by Gasteiger charge is -2.36. The molecule has 0 bridgehead atoms. The van der Waals surface area contributed by atoms with E-state index in [1.165, 1.54) is 6.20 Å². The van der Waals surface area contributed by atoms with E-state index in [1.54, 1.807) is 48.2 Å². The summed E-state index contributed by atoms with van der Waals surface area (Å²) < 4.78 is 12.8. The Balaban J connectivity index is 1.16. The summed E-state index contributed by atoms with van der Waals surface area (Å²) in [6, 6.07) is 29.2. The molecule has 1 fully saturated rings. The molecule has 0 aliphatic carbocycles. The van der Waals surface area contributed by atoms with Crippen LogP contribution in [0.2, 0.25) is 0 Å². The number of thioether (sulfide) groups is 1. The molecule has 1 aliphatic rings. The Morgan fingerprint density at radius 3 is 2.27 bits per heavy atom. The highest BCUT2D eigenvalue weighted by molar-refractivity contribution is 7.99. The molecule has 44 heavy (non-hydrogen) atoms. The molecule has 1 amide bonds. The number of hydrogen-bond acceptors (Lipinski definition) is 8. The number of nitrogens with zero attached hydrogens (tertiary/aromatic N) is 2. The molecule has 1 aromatic heterocycles. The van der Waals surface area contributed by atoms with Gasteiger partial charge in [0.2, 0.25) is 0 Å². The number of aliphatic hydroxyl groups excluding tert-OH is 1. The molecular formula is C34H29N3O6S. The minimum absolute atomic E-state index is 0.0339. The van der Waals surface area contributed by atoms with Gasteiger partial charge in [-0.3, -0.25) is 9.78 Å². The highest BCUT2D eigenvalue weighted by Crippen LogP contribution is 2.39. The number of benzene rings is 4. The van der Waals surface area contributed by atoms with Crippen molar-refractivity contribution in [3.63, 3.8) is 0 Å². The van der Waals surface area contributed by atoms with Gasteiger partial charge in [0, 0.05) is 28.3 Å². The normalized spacial score (nSPS) is 18.2. The van der Waals surface area contributed by atoms with Gasteiger partial charge in [0.05, 0.1) is 41.6 Å². The number of aromatic nitrogens is 2. The summed E-state index contributed by atoms with van der Waals surface area (Å²) in [5.74, 6) is -0.681. The van der Waals surface area contributed by atoms with Crippen LogP contribution in [0.25, 0.3) is 11.0 Å². The smallest absolute Gasteiger partial charge is 0.335 e. The third-order valence-electron chi connectivity index (χ3n) is 7.27. The predicted octanol–water partition coefficient (Wildman–Crippen LogP) is 6.41. The van der Waals surface area contributed by atoms with Crippen molar-refractivity contribution >= 4 is 40.4 Å². The van der Waals surface area contributed by atoms with Crippen LogP contribution in [0.1, 0.15) is 56.4 Å². The molecule has 2 heterocycles. The van der Waals surface area contributed by atoms with Gasteiger partial charge in [0.15, 0.2) is 6.29 Å². The standard InChI is InChI=1S/C34H29N3O6S/c38-19-21-5-7-22(8-6-21)31-17-26(20-44-27-15-11-23(12-16-27)33(40)41)42-34(43-31)24-9-13-25(14-10-24)36-32(39)30-18-35-28-3-1-2-4-29(28)37-30/h1-16,18,26,31,34,38H,17,19-20H2,(H,36,39)(H,40,41)/t26-,31+,34+/m0/s1. The van der Waals surface area contributed by atoms with Crippen molar-refractivity contribution in [3.05, 3.63) is 131 Å². The topological polar surface area (TPSA) is 131 Å². The fraction of sp³-hybridized carbons (Fsp3) is 0.176. The summed E-state index contributed by atoms with van der Waals surface area (Å²) in [4.78, 5) is 33.7. The van der Waals surface area contributed by atoms with Crippen LogP contribution >= 0.6 is 11.8 Å².